The van der Waals surface area contributed by atoms with Gasteiger partial charge < -0.3 is 20.7 Å². The van der Waals surface area contributed by atoms with Crippen LogP contribution in [0.4, 0.5) is 4.79 Å². The molecule has 0 spiro atoms. The van der Waals surface area contributed by atoms with E-state index >= 15 is 0 Å². The Morgan fingerprint density at radius 3 is 2.34 bits per heavy atom. The molecule has 1 aliphatic rings. The van der Waals surface area contributed by atoms with Gasteiger partial charge in [0.25, 0.3) is 0 Å². The summed E-state index contributed by atoms with van der Waals surface area (Å²) in [6, 6.07) is 25.1. The van der Waals surface area contributed by atoms with E-state index in [4.69, 9.17) is 10.5 Å². The monoisotopic (exact) mass is 471 g/mol. The van der Waals surface area contributed by atoms with E-state index in [0.29, 0.717) is 23.8 Å². The molecule has 0 atom stereocenters. The van der Waals surface area contributed by atoms with Gasteiger partial charge in [-0.3, -0.25) is 4.79 Å². The number of hydrogen-bond donors (Lipinski definition) is 2. The summed E-state index contributed by atoms with van der Waals surface area (Å²) in [4.78, 5) is 26.2. The molecule has 2 amide bonds. The number of unbranched alkanes of at least 4 members (excludes halogenated alkanes) is 1. The van der Waals surface area contributed by atoms with Crippen molar-refractivity contribution in [1.29, 1.82) is 0 Å². The molecule has 3 aromatic rings. The van der Waals surface area contributed by atoms with Crippen LogP contribution in [-0.2, 0) is 0 Å². The third-order valence-electron chi connectivity index (χ3n) is 6.55. The van der Waals surface area contributed by atoms with Crippen molar-refractivity contribution >= 4 is 12.0 Å². The predicted molar refractivity (Wildman–Crippen MR) is 139 cm³/mol. The first-order valence-corrected chi connectivity index (χ1v) is 12.3. The maximum absolute atomic E-state index is 12.2. The number of hydrogen-bond acceptors (Lipinski definition) is 4. The minimum Gasteiger partial charge on any atom is -0.410 e. The first kappa shape index (κ1) is 24.5. The normalized spacial score (nSPS) is 14.4. The minimum absolute atomic E-state index is 0.437. The van der Waals surface area contributed by atoms with Crippen LogP contribution in [0.3, 0.4) is 0 Å². The van der Waals surface area contributed by atoms with Crippen molar-refractivity contribution in [1.82, 2.24) is 10.2 Å². The van der Waals surface area contributed by atoms with Crippen molar-refractivity contribution in [2.75, 3.05) is 26.2 Å². The third kappa shape index (κ3) is 7.17. The summed E-state index contributed by atoms with van der Waals surface area (Å²) in [7, 11) is 0. The number of nitrogens with one attached hydrogen (secondary N) is 1. The average molecular weight is 472 g/mol. The molecule has 0 bridgehead atoms. The van der Waals surface area contributed by atoms with Crippen LogP contribution in [-0.4, -0.2) is 43.1 Å². The van der Waals surface area contributed by atoms with Crippen molar-refractivity contribution in [3.8, 4) is 16.9 Å². The Bertz CT molecular complexity index is 1120. The molecule has 3 N–H and O–H groups in total. The number of benzene rings is 3. The molecule has 0 unspecified atom stereocenters. The van der Waals surface area contributed by atoms with Gasteiger partial charge in [0.2, 0.25) is 5.91 Å². The topological polar surface area (TPSA) is 84.7 Å². The lowest BCUT2D eigenvalue weighted by atomic mass is 9.89. The number of piperidine rings is 1. The van der Waals surface area contributed by atoms with Crippen LogP contribution in [0.25, 0.3) is 11.1 Å². The molecule has 0 aromatic heterocycles. The lowest BCUT2D eigenvalue weighted by Crippen LogP contribution is -2.34. The number of primary amides is 1. The fourth-order valence-corrected chi connectivity index (χ4v) is 4.60. The number of nitrogens with zero attached hydrogens (tertiary/aromatic N) is 1. The van der Waals surface area contributed by atoms with Crippen molar-refractivity contribution in [2.24, 2.45) is 5.73 Å². The third-order valence-corrected chi connectivity index (χ3v) is 6.55. The highest BCUT2D eigenvalue weighted by Gasteiger charge is 2.19. The van der Waals surface area contributed by atoms with Crippen LogP contribution in [0.15, 0.2) is 78.9 Å². The standard InChI is InChI=1S/C29H33N3O3/c30-28(33)26-12-6-10-24(20-26)25-11-7-13-27(21-25)35-29(34)31-16-4-5-17-32-18-14-23(15-19-32)22-8-2-1-3-9-22/h1-3,6-13,20-21,23H,4-5,14-19H2,(H2,30,33)(H,31,34). The van der Waals surface area contributed by atoms with Crippen molar-refractivity contribution < 1.29 is 14.3 Å². The molecule has 4 rings (SSSR count). The second-order valence-electron chi connectivity index (χ2n) is 9.02. The van der Waals surface area contributed by atoms with Gasteiger partial charge in [0, 0.05) is 12.1 Å². The summed E-state index contributed by atoms with van der Waals surface area (Å²) in [6.45, 7) is 3.91. The Morgan fingerprint density at radius 1 is 0.886 bits per heavy atom. The maximum atomic E-state index is 12.2. The lowest BCUT2D eigenvalue weighted by molar-refractivity contribution is 0.1000. The second-order valence-corrected chi connectivity index (χ2v) is 9.02. The molecule has 6 nitrogen and oxygen atoms in total. The molecule has 6 heteroatoms. The van der Waals surface area contributed by atoms with Crippen LogP contribution in [0, 0.1) is 0 Å². The van der Waals surface area contributed by atoms with Gasteiger partial charge in [0.05, 0.1) is 0 Å². The Kier molecular flexibility index (Phi) is 8.52. The fourth-order valence-electron chi connectivity index (χ4n) is 4.60. The van der Waals surface area contributed by atoms with Crippen molar-refractivity contribution in [3.63, 3.8) is 0 Å². The van der Waals surface area contributed by atoms with E-state index in [-0.39, 0.29) is 0 Å². The molecule has 35 heavy (non-hydrogen) atoms. The number of nitrogens with two attached hydrogens (primary N) is 1. The quantitative estimate of drug-likeness (QED) is 0.420. The summed E-state index contributed by atoms with van der Waals surface area (Å²) in [6.07, 6.45) is 3.91. The zero-order valence-corrected chi connectivity index (χ0v) is 20.0. The molecule has 1 aliphatic heterocycles. The summed E-state index contributed by atoms with van der Waals surface area (Å²) >= 11 is 0. The molecule has 0 radical (unpaired) electrons. The Hall–Kier alpha value is -3.64. The smallest absolute Gasteiger partial charge is 0.410 e. The van der Waals surface area contributed by atoms with Gasteiger partial charge in [0.15, 0.2) is 0 Å². The van der Waals surface area contributed by atoms with Gasteiger partial charge >= 0.3 is 6.09 Å². The summed E-state index contributed by atoms with van der Waals surface area (Å²) in [5, 5.41) is 2.84. The fraction of sp³-hybridized carbons (Fsp3) is 0.310. The van der Waals surface area contributed by atoms with E-state index in [0.717, 1.165) is 43.6 Å². The highest BCUT2D eigenvalue weighted by Crippen LogP contribution is 2.28. The maximum Gasteiger partial charge on any atom is 0.412 e. The van der Waals surface area contributed by atoms with E-state index in [9.17, 15) is 9.59 Å². The first-order chi connectivity index (χ1) is 17.1. The number of carbonyl (C=O) groups excluding carboxylic acids is 2. The van der Waals surface area contributed by atoms with Crippen LogP contribution < -0.4 is 15.8 Å². The number of rotatable bonds is 9. The van der Waals surface area contributed by atoms with Gasteiger partial charge in [-0.15, -0.1) is 0 Å². The minimum atomic E-state index is -0.477. The molecule has 3 aromatic carbocycles. The second kappa shape index (κ2) is 12.2. The number of ether oxygens (including phenoxy) is 1. The van der Waals surface area contributed by atoms with E-state index in [2.05, 4.69) is 40.5 Å². The predicted octanol–water partition coefficient (Wildman–Crippen LogP) is 5.20. The summed E-state index contributed by atoms with van der Waals surface area (Å²) < 4.78 is 5.45. The molecule has 1 fully saturated rings. The Balaban J connectivity index is 1.15. The number of amides is 2. The van der Waals surface area contributed by atoms with E-state index in [1.165, 1.54) is 18.4 Å². The molecule has 0 aliphatic carbocycles. The average Bonchev–Trinajstić information content (AvgIpc) is 2.89. The Morgan fingerprint density at radius 2 is 1.60 bits per heavy atom. The van der Waals surface area contributed by atoms with Crippen molar-refractivity contribution in [3.05, 3.63) is 90.0 Å². The lowest BCUT2D eigenvalue weighted by Gasteiger charge is -2.32. The molecular weight excluding hydrogens is 438 g/mol. The van der Waals surface area contributed by atoms with E-state index < -0.39 is 12.0 Å². The summed E-state index contributed by atoms with van der Waals surface area (Å²) in [5.41, 5.74) is 8.95. The molecular formula is C29H33N3O3. The van der Waals surface area contributed by atoms with Gasteiger partial charge in [-0.25, -0.2) is 4.79 Å². The number of likely N-dealkylation sites (tertiary alicyclic amines) is 1. The largest absolute Gasteiger partial charge is 0.412 e. The van der Waals surface area contributed by atoms with Gasteiger partial charge in [-0.2, -0.15) is 0 Å². The van der Waals surface area contributed by atoms with Gasteiger partial charge in [-0.1, -0.05) is 54.6 Å². The SMILES string of the molecule is NC(=O)c1cccc(-c2cccc(OC(=O)NCCCCN3CCC(c4ccccc4)CC3)c2)c1. The Labute approximate surface area is 207 Å². The van der Waals surface area contributed by atoms with Crippen LogP contribution in [0.5, 0.6) is 5.75 Å². The first-order valence-electron chi connectivity index (χ1n) is 12.3. The number of carbonyl (C=O) groups is 2. The summed E-state index contributed by atoms with van der Waals surface area (Å²) in [5.74, 6) is 0.649. The molecule has 0 saturated carbocycles. The van der Waals surface area contributed by atoms with Crippen LogP contribution in [0.2, 0.25) is 0 Å². The van der Waals surface area contributed by atoms with Crippen molar-refractivity contribution in [2.45, 2.75) is 31.6 Å². The van der Waals surface area contributed by atoms with E-state index in [1.54, 1.807) is 30.3 Å². The zero-order chi connectivity index (χ0) is 24.5. The molecule has 1 saturated heterocycles. The highest BCUT2D eigenvalue weighted by molar-refractivity contribution is 5.94. The molecule has 1 heterocycles. The van der Waals surface area contributed by atoms with Crippen LogP contribution in [0.1, 0.15) is 47.5 Å². The van der Waals surface area contributed by atoms with E-state index in [1.807, 2.05) is 18.2 Å². The van der Waals surface area contributed by atoms with Gasteiger partial charge in [-0.05, 0) is 92.2 Å². The van der Waals surface area contributed by atoms with Gasteiger partial charge in [0.1, 0.15) is 5.75 Å². The highest BCUT2D eigenvalue weighted by atomic mass is 16.6. The molecule has 182 valence electrons. The zero-order valence-electron chi connectivity index (χ0n) is 20.0. The van der Waals surface area contributed by atoms with Crippen LogP contribution >= 0.6 is 0 Å².